The van der Waals surface area contributed by atoms with Gasteiger partial charge in [-0.2, -0.15) is 0 Å². The van der Waals surface area contributed by atoms with Crippen LogP contribution in [-0.2, 0) is 10.0 Å². The third-order valence-electron chi connectivity index (χ3n) is 5.99. The van der Waals surface area contributed by atoms with Crippen LogP contribution in [0.4, 0.5) is 5.69 Å². The van der Waals surface area contributed by atoms with Gasteiger partial charge in [-0.15, -0.1) is 24.0 Å². The molecule has 1 saturated carbocycles. The molecule has 0 amide bonds. The van der Waals surface area contributed by atoms with E-state index in [1.54, 1.807) is 0 Å². The van der Waals surface area contributed by atoms with Crippen molar-refractivity contribution in [2.75, 3.05) is 43.4 Å². The number of hydrogen-bond acceptors (Lipinski definition) is 4. The van der Waals surface area contributed by atoms with Crippen LogP contribution in [0.1, 0.15) is 57.6 Å². The van der Waals surface area contributed by atoms with Gasteiger partial charge in [-0.1, -0.05) is 18.6 Å². The van der Waals surface area contributed by atoms with Crippen molar-refractivity contribution < 1.29 is 8.42 Å². The molecule has 176 valence electrons. The topological polar surface area (TPSA) is 85.8 Å². The zero-order valence-electron chi connectivity index (χ0n) is 18.8. The van der Waals surface area contributed by atoms with Gasteiger partial charge in [0.05, 0.1) is 18.3 Å². The van der Waals surface area contributed by atoms with E-state index < -0.39 is 10.0 Å². The number of hydrogen-bond donors (Lipinski definition) is 3. The van der Waals surface area contributed by atoms with E-state index >= 15 is 0 Å². The van der Waals surface area contributed by atoms with Gasteiger partial charge in [-0.25, -0.2) is 13.1 Å². The lowest BCUT2D eigenvalue weighted by Crippen LogP contribution is -2.39. The molecule has 2 fully saturated rings. The predicted octanol–water partition coefficient (Wildman–Crippen LogP) is 3.24. The summed E-state index contributed by atoms with van der Waals surface area (Å²) in [6.07, 6.45) is 5.99. The highest BCUT2D eigenvalue weighted by molar-refractivity contribution is 14.0. The van der Waals surface area contributed by atoms with E-state index in [0.29, 0.717) is 18.4 Å². The van der Waals surface area contributed by atoms with Crippen molar-refractivity contribution in [3.05, 3.63) is 29.8 Å². The summed E-state index contributed by atoms with van der Waals surface area (Å²) in [5, 5.41) is 6.63. The average Bonchev–Trinajstić information content (AvgIpc) is 3.21. The monoisotopic (exact) mass is 563 g/mol. The van der Waals surface area contributed by atoms with Gasteiger partial charge in [-0.05, 0) is 63.1 Å². The molecule has 31 heavy (non-hydrogen) atoms. The number of nitrogens with one attached hydrogen (secondary N) is 3. The van der Waals surface area contributed by atoms with Crippen LogP contribution in [0.25, 0.3) is 0 Å². The zero-order valence-corrected chi connectivity index (χ0v) is 21.9. The van der Waals surface area contributed by atoms with Crippen LogP contribution in [0, 0.1) is 5.92 Å². The number of nitrogens with zero attached hydrogens (tertiary/aromatic N) is 2. The van der Waals surface area contributed by atoms with E-state index in [2.05, 4.69) is 56.4 Å². The van der Waals surface area contributed by atoms with Crippen LogP contribution >= 0.6 is 24.0 Å². The van der Waals surface area contributed by atoms with Gasteiger partial charge in [-0.3, -0.25) is 4.99 Å². The molecule has 1 aromatic carbocycles. The van der Waals surface area contributed by atoms with E-state index in [0.717, 1.165) is 32.5 Å². The Bertz CT molecular complexity index is 808. The number of guanidine groups is 1. The Morgan fingerprint density at radius 2 is 1.97 bits per heavy atom. The molecule has 3 rings (SSSR count). The molecule has 1 aliphatic carbocycles. The summed E-state index contributed by atoms with van der Waals surface area (Å²) >= 11 is 0. The summed E-state index contributed by atoms with van der Waals surface area (Å²) in [5.74, 6) is 1.17. The summed E-state index contributed by atoms with van der Waals surface area (Å²) in [5.41, 5.74) is 2.46. The molecule has 1 atom stereocenters. The average molecular weight is 564 g/mol. The highest BCUT2D eigenvalue weighted by atomic mass is 127. The van der Waals surface area contributed by atoms with Crippen molar-refractivity contribution >= 4 is 45.6 Å². The Labute approximate surface area is 204 Å². The van der Waals surface area contributed by atoms with Crippen LogP contribution in [0.2, 0.25) is 0 Å². The summed E-state index contributed by atoms with van der Waals surface area (Å²) in [4.78, 5) is 6.92. The predicted molar refractivity (Wildman–Crippen MR) is 140 cm³/mol. The van der Waals surface area contributed by atoms with Crippen molar-refractivity contribution in [2.45, 2.75) is 52.0 Å². The maximum atomic E-state index is 12.2. The molecule has 0 spiro atoms. The number of halogens is 1. The summed E-state index contributed by atoms with van der Waals surface area (Å²) in [6, 6.07) is 8.70. The first-order valence-corrected chi connectivity index (χ1v) is 13.0. The van der Waals surface area contributed by atoms with E-state index in [9.17, 15) is 8.42 Å². The molecule has 1 heterocycles. The minimum absolute atomic E-state index is 0. The molecule has 0 radical (unpaired) electrons. The first-order chi connectivity index (χ1) is 14.5. The number of aliphatic imine (C=N–C) groups is 1. The molecular weight excluding hydrogens is 525 g/mol. The fourth-order valence-corrected chi connectivity index (χ4v) is 4.83. The SMILES string of the molecule is CCNC(=NCCS(=O)(=O)NCC1CCC1)NC(C)c1cccc(N2CCCC2)c1.I. The van der Waals surface area contributed by atoms with Gasteiger partial charge >= 0.3 is 0 Å². The minimum atomic E-state index is -3.28. The van der Waals surface area contributed by atoms with Crippen LogP contribution in [0.5, 0.6) is 0 Å². The Balaban J connectivity index is 0.00000341. The van der Waals surface area contributed by atoms with Gasteiger partial charge in [0.25, 0.3) is 0 Å². The zero-order chi connectivity index (χ0) is 21.4. The lowest BCUT2D eigenvalue weighted by molar-refractivity contribution is 0.316. The van der Waals surface area contributed by atoms with Crippen molar-refractivity contribution in [2.24, 2.45) is 10.9 Å². The Morgan fingerprint density at radius 1 is 1.23 bits per heavy atom. The molecule has 0 aromatic heterocycles. The van der Waals surface area contributed by atoms with Crippen LogP contribution in [0.15, 0.2) is 29.3 Å². The second-order valence-electron chi connectivity index (χ2n) is 8.38. The van der Waals surface area contributed by atoms with E-state index in [1.165, 1.54) is 30.5 Å². The maximum absolute atomic E-state index is 12.2. The molecule has 1 saturated heterocycles. The number of benzene rings is 1. The third-order valence-corrected chi connectivity index (χ3v) is 7.31. The second-order valence-corrected chi connectivity index (χ2v) is 10.3. The molecule has 1 aromatic rings. The van der Waals surface area contributed by atoms with Crippen molar-refractivity contribution in [3.8, 4) is 0 Å². The number of anilines is 1. The Hall–Kier alpha value is -1.07. The fraction of sp³-hybridized carbons (Fsp3) is 0.682. The van der Waals surface area contributed by atoms with Crippen LogP contribution in [-0.4, -0.2) is 52.9 Å². The molecule has 7 nitrogen and oxygen atoms in total. The van der Waals surface area contributed by atoms with Gasteiger partial charge in [0.1, 0.15) is 0 Å². The lowest BCUT2D eigenvalue weighted by atomic mass is 9.86. The van der Waals surface area contributed by atoms with Gasteiger partial charge in [0.2, 0.25) is 10.0 Å². The first kappa shape index (κ1) is 26.2. The highest BCUT2D eigenvalue weighted by Crippen LogP contribution is 2.25. The van der Waals surface area contributed by atoms with Gasteiger partial charge in [0, 0.05) is 31.9 Å². The lowest BCUT2D eigenvalue weighted by Gasteiger charge is -2.25. The smallest absolute Gasteiger partial charge is 0.213 e. The van der Waals surface area contributed by atoms with Gasteiger partial charge in [0.15, 0.2) is 5.96 Å². The normalized spacial score (nSPS) is 18.3. The molecule has 0 bridgehead atoms. The first-order valence-electron chi connectivity index (χ1n) is 11.3. The Kier molecular flexibility index (Phi) is 10.8. The van der Waals surface area contributed by atoms with E-state index in [4.69, 9.17) is 0 Å². The highest BCUT2D eigenvalue weighted by Gasteiger charge is 2.20. The molecule has 9 heteroatoms. The molecule has 1 unspecified atom stereocenters. The number of rotatable bonds is 10. The largest absolute Gasteiger partial charge is 0.372 e. The van der Waals surface area contributed by atoms with Crippen molar-refractivity contribution in [1.82, 2.24) is 15.4 Å². The fourth-order valence-electron chi connectivity index (χ4n) is 3.87. The standard InChI is InChI=1S/C22H37N5O2S.HI/c1-3-23-22(24-12-15-30(28,29)25-17-19-8-6-9-19)26-18(2)20-10-7-11-21(16-20)27-13-4-5-14-27;/h7,10-11,16,18-19,25H,3-6,8-9,12-15,17H2,1-2H3,(H2,23,24,26);1H. The second kappa shape index (κ2) is 12.8. The summed E-state index contributed by atoms with van der Waals surface area (Å²) < 4.78 is 27.1. The molecule has 1 aliphatic heterocycles. The molecule has 3 N–H and O–H groups in total. The number of sulfonamides is 1. The maximum Gasteiger partial charge on any atom is 0.213 e. The Morgan fingerprint density at radius 3 is 2.61 bits per heavy atom. The van der Waals surface area contributed by atoms with Crippen LogP contribution in [0.3, 0.4) is 0 Å². The van der Waals surface area contributed by atoms with Gasteiger partial charge < -0.3 is 15.5 Å². The van der Waals surface area contributed by atoms with Crippen molar-refractivity contribution in [1.29, 1.82) is 0 Å². The third kappa shape index (κ3) is 8.42. The van der Waals surface area contributed by atoms with Crippen LogP contribution < -0.4 is 20.3 Å². The summed E-state index contributed by atoms with van der Waals surface area (Å²) in [7, 11) is -3.28. The summed E-state index contributed by atoms with van der Waals surface area (Å²) in [6.45, 7) is 7.88. The van der Waals surface area contributed by atoms with E-state index in [1.807, 2.05) is 6.92 Å². The quantitative estimate of drug-likeness (QED) is 0.231. The molecule has 2 aliphatic rings. The van der Waals surface area contributed by atoms with E-state index in [-0.39, 0.29) is 42.3 Å². The molecular formula is C22H38IN5O2S. The minimum Gasteiger partial charge on any atom is -0.372 e. The van der Waals surface area contributed by atoms with Crippen molar-refractivity contribution in [3.63, 3.8) is 0 Å².